The molecule has 140 valence electrons. The highest BCUT2D eigenvalue weighted by atomic mass is 16.5. The van der Waals surface area contributed by atoms with Gasteiger partial charge in [-0.1, -0.05) is 24.1 Å². The van der Waals surface area contributed by atoms with Crippen molar-refractivity contribution in [1.29, 1.82) is 0 Å². The standard InChI is InChI=1S/C21H23N3O3/c1-4-16-7-6-8-18(13-16)23-20(25)14-22-21(26)24(3)15-17-9-11-19(12-10-17)27-5-2/h1,6-13H,5,14-15H2,2-3H3,(H,22,26)(H,23,25). The van der Waals surface area contributed by atoms with Crippen LogP contribution in [0.5, 0.6) is 5.75 Å². The number of carbonyl (C=O) groups excluding carboxylic acids is 2. The van der Waals surface area contributed by atoms with E-state index in [0.29, 0.717) is 24.4 Å². The van der Waals surface area contributed by atoms with Gasteiger partial charge >= 0.3 is 6.03 Å². The van der Waals surface area contributed by atoms with Crippen LogP contribution in [0.4, 0.5) is 10.5 Å². The number of hydrogen-bond donors (Lipinski definition) is 2. The molecule has 0 aliphatic heterocycles. The average molecular weight is 365 g/mol. The van der Waals surface area contributed by atoms with Crippen LogP contribution in [-0.2, 0) is 11.3 Å². The minimum atomic E-state index is -0.337. The minimum Gasteiger partial charge on any atom is -0.494 e. The Kier molecular flexibility index (Phi) is 7.26. The molecule has 0 atom stereocenters. The van der Waals surface area contributed by atoms with Gasteiger partial charge in [-0.05, 0) is 42.8 Å². The molecule has 0 unspecified atom stereocenters. The maximum atomic E-state index is 12.2. The third kappa shape index (κ3) is 6.40. The lowest BCUT2D eigenvalue weighted by Gasteiger charge is -2.18. The molecule has 0 saturated carbocycles. The number of ether oxygens (including phenoxy) is 1. The van der Waals surface area contributed by atoms with E-state index < -0.39 is 0 Å². The maximum absolute atomic E-state index is 12.2. The molecule has 27 heavy (non-hydrogen) atoms. The molecule has 2 rings (SSSR count). The lowest BCUT2D eigenvalue weighted by Crippen LogP contribution is -2.40. The number of hydrogen-bond acceptors (Lipinski definition) is 3. The topological polar surface area (TPSA) is 70.7 Å². The molecule has 0 radical (unpaired) electrons. The highest BCUT2D eigenvalue weighted by Gasteiger charge is 2.11. The molecule has 0 bridgehead atoms. The van der Waals surface area contributed by atoms with Crippen molar-refractivity contribution in [1.82, 2.24) is 10.2 Å². The lowest BCUT2D eigenvalue weighted by atomic mass is 10.2. The van der Waals surface area contributed by atoms with Gasteiger partial charge in [0.15, 0.2) is 0 Å². The summed E-state index contributed by atoms with van der Waals surface area (Å²) in [6.07, 6.45) is 5.34. The van der Waals surface area contributed by atoms with E-state index in [2.05, 4.69) is 16.6 Å². The smallest absolute Gasteiger partial charge is 0.317 e. The molecule has 0 saturated heterocycles. The van der Waals surface area contributed by atoms with Crippen LogP contribution in [0.3, 0.4) is 0 Å². The molecule has 3 amide bonds. The van der Waals surface area contributed by atoms with Crippen molar-refractivity contribution in [2.45, 2.75) is 13.5 Å². The van der Waals surface area contributed by atoms with Gasteiger partial charge in [-0.2, -0.15) is 0 Å². The molecule has 0 aliphatic rings. The van der Waals surface area contributed by atoms with Crippen LogP contribution >= 0.6 is 0 Å². The Morgan fingerprint density at radius 3 is 2.59 bits per heavy atom. The van der Waals surface area contributed by atoms with E-state index in [1.807, 2.05) is 31.2 Å². The summed E-state index contributed by atoms with van der Waals surface area (Å²) in [5.74, 6) is 2.97. The second kappa shape index (κ2) is 9.88. The zero-order valence-corrected chi connectivity index (χ0v) is 15.5. The largest absolute Gasteiger partial charge is 0.494 e. The Bertz CT molecular complexity index is 825. The van der Waals surface area contributed by atoms with Gasteiger partial charge in [-0.25, -0.2) is 4.79 Å². The number of anilines is 1. The van der Waals surface area contributed by atoms with E-state index in [4.69, 9.17) is 11.2 Å². The second-order valence-corrected chi connectivity index (χ2v) is 5.87. The number of urea groups is 1. The monoisotopic (exact) mass is 365 g/mol. The van der Waals surface area contributed by atoms with Crippen LogP contribution in [0.25, 0.3) is 0 Å². The van der Waals surface area contributed by atoms with Gasteiger partial charge in [-0.15, -0.1) is 6.42 Å². The Hall–Kier alpha value is -3.46. The number of nitrogens with one attached hydrogen (secondary N) is 2. The van der Waals surface area contributed by atoms with Crippen LogP contribution < -0.4 is 15.4 Å². The van der Waals surface area contributed by atoms with Gasteiger partial charge < -0.3 is 20.3 Å². The third-order valence-corrected chi connectivity index (χ3v) is 3.71. The molecule has 2 N–H and O–H groups in total. The summed E-state index contributed by atoms with van der Waals surface area (Å²) in [5.41, 5.74) is 2.23. The zero-order chi connectivity index (χ0) is 19.6. The first-order chi connectivity index (χ1) is 13.0. The number of nitrogens with zero attached hydrogens (tertiary/aromatic N) is 1. The Morgan fingerprint density at radius 1 is 1.19 bits per heavy atom. The summed E-state index contributed by atoms with van der Waals surface area (Å²) in [4.78, 5) is 25.6. The van der Waals surface area contributed by atoms with Gasteiger partial charge in [0.05, 0.1) is 13.2 Å². The average Bonchev–Trinajstić information content (AvgIpc) is 2.68. The molecular weight excluding hydrogens is 342 g/mol. The first-order valence-corrected chi connectivity index (χ1v) is 8.59. The third-order valence-electron chi connectivity index (χ3n) is 3.71. The molecule has 0 aliphatic carbocycles. The van der Waals surface area contributed by atoms with Crippen LogP contribution in [0.2, 0.25) is 0 Å². The van der Waals surface area contributed by atoms with E-state index in [1.54, 1.807) is 31.3 Å². The first-order valence-electron chi connectivity index (χ1n) is 8.59. The molecule has 0 fully saturated rings. The molecule has 6 nitrogen and oxygen atoms in total. The van der Waals surface area contributed by atoms with E-state index in [-0.39, 0.29) is 18.5 Å². The maximum Gasteiger partial charge on any atom is 0.317 e. The summed E-state index contributed by atoms with van der Waals surface area (Å²) in [6, 6.07) is 14.2. The number of rotatable bonds is 7. The fourth-order valence-corrected chi connectivity index (χ4v) is 2.39. The number of carbonyl (C=O) groups is 2. The van der Waals surface area contributed by atoms with E-state index in [9.17, 15) is 9.59 Å². The van der Waals surface area contributed by atoms with Gasteiger partial charge in [-0.3, -0.25) is 4.79 Å². The molecule has 0 spiro atoms. The van der Waals surface area contributed by atoms with Gasteiger partial charge in [0.25, 0.3) is 0 Å². The van der Waals surface area contributed by atoms with E-state index >= 15 is 0 Å². The minimum absolute atomic E-state index is 0.132. The first kappa shape index (κ1) is 19.9. The van der Waals surface area contributed by atoms with Crippen molar-refractivity contribution in [2.24, 2.45) is 0 Å². The zero-order valence-electron chi connectivity index (χ0n) is 15.5. The fourth-order valence-electron chi connectivity index (χ4n) is 2.39. The normalized spacial score (nSPS) is 9.81. The molecule has 6 heteroatoms. The summed E-state index contributed by atoms with van der Waals surface area (Å²) < 4.78 is 5.39. The number of terminal acetylenes is 1. The van der Waals surface area contributed by atoms with E-state index in [1.165, 1.54) is 4.90 Å². The number of amides is 3. The molecule has 2 aromatic carbocycles. The Morgan fingerprint density at radius 2 is 1.93 bits per heavy atom. The van der Waals surface area contributed by atoms with Gasteiger partial charge in [0.1, 0.15) is 5.75 Å². The molecular formula is C21H23N3O3. The highest BCUT2D eigenvalue weighted by molar-refractivity contribution is 5.94. The van der Waals surface area contributed by atoms with Crippen molar-refractivity contribution in [3.8, 4) is 18.1 Å². The van der Waals surface area contributed by atoms with Crippen molar-refractivity contribution >= 4 is 17.6 Å². The molecule has 0 heterocycles. The summed E-state index contributed by atoms with van der Waals surface area (Å²) in [5, 5.41) is 5.29. The molecule has 2 aromatic rings. The van der Waals surface area contributed by atoms with Crippen molar-refractivity contribution in [3.05, 3.63) is 59.7 Å². The van der Waals surface area contributed by atoms with Crippen molar-refractivity contribution in [2.75, 3.05) is 25.5 Å². The highest BCUT2D eigenvalue weighted by Crippen LogP contribution is 2.13. The fraction of sp³-hybridized carbons (Fsp3) is 0.238. The van der Waals surface area contributed by atoms with Crippen LogP contribution in [0.1, 0.15) is 18.1 Å². The predicted octanol–water partition coefficient (Wildman–Crippen LogP) is 2.85. The predicted molar refractivity (Wildman–Crippen MR) is 105 cm³/mol. The quantitative estimate of drug-likeness (QED) is 0.741. The van der Waals surface area contributed by atoms with Crippen molar-refractivity contribution < 1.29 is 14.3 Å². The summed E-state index contributed by atoms with van der Waals surface area (Å²) in [7, 11) is 1.67. The Balaban J connectivity index is 1.79. The van der Waals surface area contributed by atoms with Crippen LogP contribution in [-0.4, -0.2) is 37.0 Å². The summed E-state index contributed by atoms with van der Waals surface area (Å²) in [6.45, 7) is 2.82. The second-order valence-electron chi connectivity index (χ2n) is 5.87. The van der Waals surface area contributed by atoms with Gasteiger partial charge in [0.2, 0.25) is 5.91 Å². The SMILES string of the molecule is C#Cc1cccc(NC(=O)CNC(=O)N(C)Cc2ccc(OCC)cc2)c1. The molecule has 0 aromatic heterocycles. The van der Waals surface area contributed by atoms with E-state index in [0.717, 1.165) is 11.3 Å². The summed E-state index contributed by atoms with van der Waals surface area (Å²) >= 11 is 0. The van der Waals surface area contributed by atoms with Crippen molar-refractivity contribution in [3.63, 3.8) is 0 Å². The number of benzene rings is 2. The van der Waals surface area contributed by atoms with Crippen LogP contribution in [0.15, 0.2) is 48.5 Å². The van der Waals surface area contributed by atoms with Gasteiger partial charge in [0, 0.05) is 24.8 Å². The van der Waals surface area contributed by atoms with Crippen LogP contribution in [0, 0.1) is 12.3 Å². The Labute approximate surface area is 159 Å². The lowest BCUT2D eigenvalue weighted by molar-refractivity contribution is -0.115.